The molecule has 192 valence electrons. The summed E-state index contributed by atoms with van der Waals surface area (Å²) in [5, 5.41) is 4.92. The predicted octanol–water partition coefficient (Wildman–Crippen LogP) is 9.73. The Balaban J connectivity index is 1.37. The van der Waals surface area contributed by atoms with Gasteiger partial charge < -0.3 is 4.57 Å². The number of nitrogens with zero attached hydrogens (tertiary/aromatic N) is 3. The minimum atomic E-state index is 0.983. The van der Waals surface area contributed by atoms with Crippen molar-refractivity contribution < 1.29 is 0 Å². The first kappa shape index (κ1) is 23.4. The SMILES string of the molecule is c1ccc(-n2c3cc(-c4cccc(-c5ccncc5)c4)ccc3c3ccc4cc(-c5ccccn5)ccc4c32)cc1. The van der Waals surface area contributed by atoms with Crippen molar-refractivity contribution in [3.63, 3.8) is 0 Å². The Bertz CT molecular complexity index is 2180. The molecular weight excluding hydrogens is 498 g/mol. The Kier molecular flexibility index (Phi) is 5.46. The van der Waals surface area contributed by atoms with E-state index in [9.17, 15) is 0 Å². The molecule has 0 saturated carbocycles. The highest BCUT2D eigenvalue weighted by molar-refractivity contribution is 6.19. The molecule has 0 aliphatic rings. The van der Waals surface area contributed by atoms with Crippen LogP contribution in [0.2, 0.25) is 0 Å². The second kappa shape index (κ2) is 9.58. The lowest BCUT2D eigenvalue weighted by Crippen LogP contribution is -1.94. The van der Waals surface area contributed by atoms with Crippen molar-refractivity contribution in [3.05, 3.63) is 152 Å². The Morgan fingerprint density at radius 3 is 2.00 bits per heavy atom. The molecule has 3 heterocycles. The highest BCUT2D eigenvalue weighted by Gasteiger charge is 2.16. The lowest BCUT2D eigenvalue weighted by molar-refractivity contribution is 1.19. The van der Waals surface area contributed by atoms with Crippen molar-refractivity contribution in [1.29, 1.82) is 0 Å². The maximum atomic E-state index is 4.57. The molecule has 3 heteroatoms. The maximum Gasteiger partial charge on any atom is 0.0702 e. The molecule has 8 aromatic rings. The van der Waals surface area contributed by atoms with Gasteiger partial charge in [0, 0.05) is 46.0 Å². The van der Waals surface area contributed by atoms with E-state index in [4.69, 9.17) is 0 Å². The summed E-state index contributed by atoms with van der Waals surface area (Å²) in [5.74, 6) is 0. The summed E-state index contributed by atoms with van der Waals surface area (Å²) >= 11 is 0. The Morgan fingerprint density at radius 1 is 0.439 bits per heavy atom. The third-order valence-corrected chi connectivity index (χ3v) is 7.93. The first-order valence-electron chi connectivity index (χ1n) is 13.8. The van der Waals surface area contributed by atoms with Gasteiger partial charge in [0.15, 0.2) is 0 Å². The Hall–Kier alpha value is -5.54. The van der Waals surface area contributed by atoms with E-state index in [2.05, 4.69) is 136 Å². The van der Waals surface area contributed by atoms with Crippen molar-refractivity contribution in [2.24, 2.45) is 0 Å². The molecule has 41 heavy (non-hydrogen) atoms. The molecule has 0 N–H and O–H groups in total. The second-order valence-corrected chi connectivity index (χ2v) is 10.3. The van der Waals surface area contributed by atoms with E-state index in [0.717, 1.165) is 22.5 Å². The number of hydrogen-bond acceptors (Lipinski definition) is 2. The number of hydrogen-bond donors (Lipinski definition) is 0. The summed E-state index contributed by atoms with van der Waals surface area (Å²) in [7, 11) is 0. The standard InChI is InChI=1S/C38H25N3/c1-2-9-32(10-3-1)41-37-25-29(28-8-6-7-27(23-28)26-18-21-39-22-19-26)12-16-34(37)35-17-13-30-24-31(14-15-33(30)38(35)41)36-11-4-5-20-40-36/h1-25H. The van der Waals surface area contributed by atoms with Gasteiger partial charge in [-0.25, -0.2) is 0 Å². The van der Waals surface area contributed by atoms with Gasteiger partial charge in [0.1, 0.15) is 0 Å². The van der Waals surface area contributed by atoms with Crippen molar-refractivity contribution in [1.82, 2.24) is 14.5 Å². The normalized spacial score (nSPS) is 11.4. The van der Waals surface area contributed by atoms with Gasteiger partial charge in [0.05, 0.1) is 16.7 Å². The molecule has 0 bridgehead atoms. The molecular formula is C38H25N3. The smallest absolute Gasteiger partial charge is 0.0702 e. The van der Waals surface area contributed by atoms with Crippen LogP contribution in [-0.2, 0) is 0 Å². The van der Waals surface area contributed by atoms with Crippen LogP contribution < -0.4 is 0 Å². The minimum Gasteiger partial charge on any atom is -0.309 e. The van der Waals surface area contributed by atoms with Gasteiger partial charge in [-0.3, -0.25) is 9.97 Å². The van der Waals surface area contributed by atoms with Gasteiger partial charge in [-0.05, 0) is 82.2 Å². The molecule has 0 amide bonds. The number of benzene rings is 5. The predicted molar refractivity (Wildman–Crippen MR) is 170 cm³/mol. The number of pyridine rings is 2. The van der Waals surface area contributed by atoms with E-state index in [-0.39, 0.29) is 0 Å². The van der Waals surface area contributed by atoms with Gasteiger partial charge in [-0.1, -0.05) is 78.9 Å². The van der Waals surface area contributed by atoms with Crippen molar-refractivity contribution in [2.75, 3.05) is 0 Å². The molecule has 8 rings (SSSR count). The average Bonchev–Trinajstić information content (AvgIpc) is 3.40. The summed E-state index contributed by atoms with van der Waals surface area (Å²) in [6.45, 7) is 0. The topological polar surface area (TPSA) is 30.7 Å². The molecule has 3 aromatic heterocycles. The zero-order chi connectivity index (χ0) is 27.2. The summed E-state index contributed by atoms with van der Waals surface area (Å²) in [6, 6.07) is 47.6. The van der Waals surface area contributed by atoms with Crippen LogP contribution in [0.3, 0.4) is 0 Å². The van der Waals surface area contributed by atoms with Gasteiger partial charge >= 0.3 is 0 Å². The van der Waals surface area contributed by atoms with E-state index in [1.165, 1.54) is 49.3 Å². The van der Waals surface area contributed by atoms with Crippen molar-refractivity contribution in [2.45, 2.75) is 0 Å². The Labute approximate surface area is 238 Å². The van der Waals surface area contributed by atoms with Crippen LogP contribution >= 0.6 is 0 Å². The van der Waals surface area contributed by atoms with Gasteiger partial charge in [0.25, 0.3) is 0 Å². The number of rotatable bonds is 4. The van der Waals surface area contributed by atoms with Crippen LogP contribution in [0.25, 0.3) is 71.8 Å². The van der Waals surface area contributed by atoms with Crippen molar-refractivity contribution >= 4 is 32.6 Å². The minimum absolute atomic E-state index is 0.983. The van der Waals surface area contributed by atoms with Crippen LogP contribution in [0.1, 0.15) is 0 Å². The first-order chi connectivity index (χ1) is 20.3. The zero-order valence-electron chi connectivity index (χ0n) is 22.3. The lowest BCUT2D eigenvalue weighted by Gasteiger charge is -2.11. The van der Waals surface area contributed by atoms with E-state index in [1.54, 1.807) is 0 Å². The quantitative estimate of drug-likeness (QED) is 0.230. The average molecular weight is 524 g/mol. The van der Waals surface area contributed by atoms with Gasteiger partial charge in [-0.2, -0.15) is 0 Å². The second-order valence-electron chi connectivity index (χ2n) is 10.3. The first-order valence-corrected chi connectivity index (χ1v) is 13.8. The summed E-state index contributed by atoms with van der Waals surface area (Å²) in [5.41, 5.74) is 10.4. The number of fused-ring (bicyclic) bond motifs is 5. The van der Waals surface area contributed by atoms with Crippen LogP contribution in [0.15, 0.2) is 152 Å². The van der Waals surface area contributed by atoms with E-state index in [0.29, 0.717) is 0 Å². The van der Waals surface area contributed by atoms with Crippen LogP contribution in [-0.4, -0.2) is 14.5 Å². The van der Waals surface area contributed by atoms with E-state index >= 15 is 0 Å². The maximum absolute atomic E-state index is 4.57. The molecule has 0 spiro atoms. The fourth-order valence-electron chi connectivity index (χ4n) is 5.98. The van der Waals surface area contributed by atoms with Crippen molar-refractivity contribution in [3.8, 4) is 39.2 Å². The molecule has 0 aliphatic heterocycles. The van der Waals surface area contributed by atoms with E-state index < -0.39 is 0 Å². The molecule has 0 fully saturated rings. The van der Waals surface area contributed by atoms with Crippen LogP contribution in [0, 0.1) is 0 Å². The molecule has 0 radical (unpaired) electrons. The molecule has 0 saturated heterocycles. The largest absolute Gasteiger partial charge is 0.309 e. The van der Waals surface area contributed by atoms with Gasteiger partial charge in [-0.15, -0.1) is 0 Å². The van der Waals surface area contributed by atoms with E-state index in [1.807, 2.05) is 30.7 Å². The number of para-hydroxylation sites is 1. The Morgan fingerprint density at radius 2 is 1.17 bits per heavy atom. The molecule has 0 aliphatic carbocycles. The number of aromatic nitrogens is 3. The zero-order valence-corrected chi connectivity index (χ0v) is 22.3. The fourth-order valence-corrected chi connectivity index (χ4v) is 5.98. The highest BCUT2D eigenvalue weighted by Crippen LogP contribution is 2.39. The van der Waals surface area contributed by atoms with Gasteiger partial charge in [0.2, 0.25) is 0 Å². The molecule has 0 unspecified atom stereocenters. The third kappa shape index (κ3) is 3.98. The molecule has 0 atom stereocenters. The van der Waals surface area contributed by atoms with Crippen LogP contribution in [0.5, 0.6) is 0 Å². The summed E-state index contributed by atoms with van der Waals surface area (Å²) < 4.78 is 2.42. The molecule has 3 nitrogen and oxygen atoms in total. The lowest BCUT2D eigenvalue weighted by atomic mass is 9.98. The summed E-state index contributed by atoms with van der Waals surface area (Å²) in [6.07, 6.45) is 5.53. The monoisotopic (exact) mass is 523 g/mol. The fraction of sp³-hybridized carbons (Fsp3) is 0. The molecule has 5 aromatic carbocycles. The van der Waals surface area contributed by atoms with Crippen LogP contribution in [0.4, 0.5) is 0 Å². The third-order valence-electron chi connectivity index (χ3n) is 7.93. The summed E-state index contributed by atoms with van der Waals surface area (Å²) in [4.78, 5) is 8.75. The highest BCUT2D eigenvalue weighted by atomic mass is 15.0.